The fourth-order valence-corrected chi connectivity index (χ4v) is 2.44. The van der Waals surface area contributed by atoms with Crippen LogP contribution < -0.4 is 10.6 Å². The Morgan fingerprint density at radius 2 is 2.25 bits per heavy atom. The van der Waals surface area contributed by atoms with Gasteiger partial charge in [0.05, 0.1) is 22.3 Å². The Balaban J connectivity index is 0.00000200. The molecule has 1 atom stereocenters. The van der Waals surface area contributed by atoms with Gasteiger partial charge in [-0.1, -0.05) is 29.3 Å². The smallest absolute Gasteiger partial charge is 0.238 e. The Bertz CT molecular complexity index is 470. The van der Waals surface area contributed by atoms with Crippen LogP contribution in [0, 0.1) is 0 Å². The molecule has 0 saturated carbocycles. The van der Waals surface area contributed by atoms with Gasteiger partial charge >= 0.3 is 0 Å². The topological polar surface area (TPSA) is 44.4 Å². The summed E-state index contributed by atoms with van der Waals surface area (Å²) in [5, 5.41) is 6.91. The molecule has 0 spiro atoms. The van der Waals surface area contributed by atoms with Crippen molar-refractivity contribution in [3.63, 3.8) is 0 Å². The molecule has 1 amide bonds. The van der Waals surface area contributed by atoms with Gasteiger partial charge in [-0.3, -0.25) is 9.69 Å². The van der Waals surface area contributed by atoms with Crippen molar-refractivity contribution in [2.75, 3.05) is 31.5 Å². The fraction of sp³-hybridized carbons (Fsp3) is 0.462. The van der Waals surface area contributed by atoms with E-state index in [-0.39, 0.29) is 18.3 Å². The quantitative estimate of drug-likeness (QED) is 0.890. The zero-order valence-corrected chi connectivity index (χ0v) is 13.5. The predicted octanol–water partition coefficient (Wildman–Crippen LogP) is 2.65. The molecule has 112 valence electrons. The number of rotatable bonds is 3. The largest absolute Gasteiger partial charge is 0.324 e. The number of amides is 1. The number of benzene rings is 1. The number of piperazine rings is 1. The summed E-state index contributed by atoms with van der Waals surface area (Å²) in [5.41, 5.74) is 0.557. The lowest BCUT2D eigenvalue weighted by molar-refractivity contribution is -0.118. The van der Waals surface area contributed by atoms with Gasteiger partial charge in [-0.25, -0.2) is 0 Å². The molecule has 0 radical (unpaired) electrons. The minimum atomic E-state index is -0.0714. The van der Waals surface area contributed by atoms with Gasteiger partial charge in [0.15, 0.2) is 0 Å². The van der Waals surface area contributed by atoms with Crippen molar-refractivity contribution >= 4 is 47.2 Å². The number of carbonyl (C=O) groups is 1. The highest BCUT2D eigenvalue weighted by Crippen LogP contribution is 2.29. The molecule has 1 aromatic carbocycles. The molecule has 1 aliphatic heterocycles. The molecule has 7 heteroatoms. The first-order chi connectivity index (χ1) is 9.08. The van der Waals surface area contributed by atoms with Crippen LogP contribution in [0.1, 0.15) is 6.92 Å². The van der Waals surface area contributed by atoms with Crippen LogP contribution in [-0.4, -0.2) is 43.0 Å². The summed E-state index contributed by atoms with van der Waals surface area (Å²) >= 11 is 11.9. The van der Waals surface area contributed by atoms with Gasteiger partial charge in [-0.05, 0) is 19.1 Å². The normalized spacial score (nSPS) is 19.2. The molecular weight excluding hydrogens is 321 g/mol. The summed E-state index contributed by atoms with van der Waals surface area (Å²) in [5.74, 6) is -0.0714. The van der Waals surface area contributed by atoms with Gasteiger partial charge in [-0.2, -0.15) is 0 Å². The lowest BCUT2D eigenvalue weighted by Gasteiger charge is -2.33. The summed E-state index contributed by atoms with van der Waals surface area (Å²) in [6.45, 7) is 5.16. The van der Waals surface area contributed by atoms with Crippen molar-refractivity contribution in [3.05, 3.63) is 28.2 Å². The molecule has 1 heterocycles. The predicted molar refractivity (Wildman–Crippen MR) is 86.2 cm³/mol. The van der Waals surface area contributed by atoms with Crippen LogP contribution in [0.4, 0.5) is 5.69 Å². The second-order valence-corrected chi connectivity index (χ2v) is 5.46. The van der Waals surface area contributed by atoms with Crippen molar-refractivity contribution in [2.45, 2.75) is 13.0 Å². The molecule has 1 fully saturated rings. The van der Waals surface area contributed by atoms with E-state index in [2.05, 4.69) is 22.5 Å². The third-order valence-corrected chi connectivity index (χ3v) is 4.03. The Kier molecular flexibility index (Phi) is 7.06. The molecule has 1 saturated heterocycles. The van der Waals surface area contributed by atoms with Crippen molar-refractivity contribution in [2.24, 2.45) is 0 Å². The van der Waals surface area contributed by atoms with Crippen LogP contribution in [0.15, 0.2) is 18.2 Å². The average molecular weight is 339 g/mol. The molecule has 1 unspecified atom stereocenters. The van der Waals surface area contributed by atoms with Crippen LogP contribution in [0.2, 0.25) is 10.0 Å². The second-order valence-electron chi connectivity index (χ2n) is 4.67. The van der Waals surface area contributed by atoms with Gasteiger partial charge in [0.2, 0.25) is 5.91 Å². The Morgan fingerprint density at radius 1 is 1.50 bits per heavy atom. The van der Waals surface area contributed by atoms with Crippen LogP contribution in [0.5, 0.6) is 0 Å². The molecule has 1 aromatic rings. The van der Waals surface area contributed by atoms with Crippen molar-refractivity contribution in [1.29, 1.82) is 0 Å². The number of carbonyl (C=O) groups excluding carboxylic acids is 1. The highest BCUT2D eigenvalue weighted by molar-refractivity contribution is 6.43. The summed E-state index contributed by atoms with van der Waals surface area (Å²) < 4.78 is 0. The van der Waals surface area contributed by atoms with Gasteiger partial charge in [0.1, 0.15) is 0 Å². The van der Waals surface area contributed by atoms with Crippen LogP contribution in [-0.2, 0) is 4.79 Å². The summed E-state index contributed by atoms with van der Waals surface area (Å²) in [6.07, 6.45) is 0. The number of halogens is 3. The zero-order valence-electron chi connectivity index (χ0n) is 11.2. The number of anilines is 1. The van der Waals surface area contributed by atoms with Crippen molar-refractivity contribution in [3.8, 4) is 0 Å². The van der Waals surface area contributed by atoms with Gasteiger partial charge < -0.3 is 10.6 Å². The second kappa shape index (κ2) is 8.05. The van der Waals surface area contributed by atoms with Crippen molar-refractivity contribution in [1.82, 2.24) is 10.2 Å². The van der Waals surface area contributed by atoms with E-state index >= 15 is 0 Å². The molecule has 0 aromatic heterocycles. The molecule has 0 bridgehead atoms. The maximum Gasteiger partial charge on any atom is 0.238 e. The number of nitrogens with one attached hydrogen (secondary N) is 2. The van der Waals surface area contributed by atoms with E-state index in [0.717, 1.165) is 19.6 Å². The molecule has 0 aliphatic carbocycles. The summed E-state index contributed by atoms with van der Waals surface area (Å²) in [4.78, 5) is 14.2. The van der Waals surface area contributed by atoms with Crippen LogP contribution in [0.3, 0.4) is 0 Å². The SMILES string of the molecule is CC1CNCCN1CC(=O)Nc1cccc(Cl)c1Cl.Cl. The highest BCUT2D eigenvalue weighted by Gasteiger charge is 2.20. The van der Waals surface area contributed by atoms with E-state index in [0.29, 0.717) is 28.3 Å². The number of hydrogen-bond donors (Lipinski definition) is 2. The number of hydrogen-bond acceptors (Lipinski definition) is 3. The molecule has 2 rings (SSSR count). The van der Waals surface area contributed by atoms with E-state index in [4.69, 9.17) is 23.2 Å². The first-order valence-corrected chi connectivity index (χ1v) is 7.02. The van der Waals surface area contributed by atoms with E-state index in [1.165, 1.54) is 0 Å². The Labute approximate surface area is 135 Å². The zero-order chi connectivity index (χ0) is 13.8. The molecule has 2 N–H and O–H groups in total. The van der Waals surface area contributed by atoms with E-state index in [1.54, 1.807) is 18.2 Å². The minimum Gasteiger partial charge on any atom is -0.324 e. The first-order valence-electron chi connectivity index (χ1n) is 6.26. The van der Waals surface area contributed by atoms with E-state index in [9.17, 15) is 4.79 Å². The number of nitrogens with zero attached hydrogens (tertiary/aromatic N) is 1. The molecule has 4 nitrogen and oxygen atoms in total. The lowest BCUT2D eigenvalue weighted by atomic mass is 10.2. The minimum absolute atomic E-state index is 0. The maximum absolute atomic E-state index is 12.0. The molecule has 20 heavy (non-hydrogen) atoms. The van der Waals surface area contributed by atoms with Crippen LogP contribution in [0.25, 0.3) is 0 Å². The van der Waals surface area contributed by atoms with Gasteiger partial charge in [-0.15, -0.1) is 12.4 Å². The summed E-state index contributed by atoms with van der Waals surface area (Å²) in [7, 11) is 0. The summed E-state index contributed by atoms with van der Waals surface area (Å²) in [6, 6.07) is 5.55. The standard InChI is InChI=1S/C13H17Cl2N3O.ClH/c1-9-7-16-5-6-18(9)8-12(19)17-11-4-2-3-10(14)13(11)15;/h2-4,9,16H,5-8H2,1H3,(H,17,19);1H. The van der Waals surface area contributed by atoms with Crippen molar-refractivity contribution < 1.29 is 4.79 Å². The first kappa shape index (κ1) is 17.5. The van der Waals surface area contributed by atoms with E-state index in [1.807, 2.05) is 0 Å². The Hall–Kier alpha value is -0.520. The highest BCUT2D eigenvalue weighted by atomic mass is 35.5. The van der Waals surface area contributed by atoms with Crippen LogP contribution >= 0.6 is 35.6 Å². The maximum atomic E-state index is 12.0. The fourth-order valence-electron chi connectivity index (χ4n) is 2.09. The third kappa shape index (κ3) is 4.50. The molecule has 1 aliphatic rings. The van der Waals surface area contributed by atoms with Gasteiger partial charge in [0.25, 0.3) is 0 Å². The average Bonchev–Trinajstić information content (AvgIpc) is 2.38. The van der Waals surface area contributed by atoms with E-state index < -0.39 is 0 Å². The molecular formula is C13H18Cl3N3O. The Morgan fingerprint density at radius 3 is 2.95 bits per heavy atom. The van der Waals surface area contributed by atoms with Gasteiger partial charge in [0, 0.05) is 25.7 Å². The monoisotopic (exact) mass is 337 g/mol. The lowest BCUT2D eigenvalue weighted by Crippen LogP contribution is -2.51. The third-order valence-electron chi connectivity index (χ3n) is 3.21.